The SMILES string of the molecule is CCC(C)(C)c1ccc(OCC(=O)Nc2cccc(C(=O)COc3ccccc3N)c2)c(C(C)(C)CC)c1. The van der Waals surface area contributed by atoms with E-state index < -0.39 is 0 Å². The highest BCUT2D eigenvalue weighted by Gasteiger charge is 2.27. The lowest BCUT2D eigenvalue weighted by Gasteiger charge is -2.30. The number of nitrogens with one attached hydrogen (secondary N) is 1. The minimum absolute atomic E-state index is 0.0513. The summed E-state index contributed by atoms with van der Waals surface area (Å²) in [5.41, 5.74) is 9.58. The Bertz CT molecular complexity index is 1280. The van der Waals surface area contributed by atoms with E-state index in [1.807, 2.05) is 6.07 Å². The number of ketones is 1. The Labute approximate surface area is 226 Å². The number of benzene rings is 3. The minimum Gasteiger partial charge on any atom is -0.483 e. The predicted octanol–water partition coefficient (Wildman–Crippen LogP) is 6.92. The van der Waals surface area contributed by atoms with Crippen LogP contribution in [0.25, 0.3) is 0 Å². The number of anilines is 2. The van der Waals surface area contributed by atoms with Crippen LogP contribution in [0.2, 0.25) is 0 Å². The second-order valence-corrected chi connectivity index (χ2v) is 10.9. The summed E-state index contributed by atoms with van der Waals surface area (Å²) in [5, 5.41) is 2.83. The predicted molar refractivity (Wildman–Crippen MR) is 154 cm³/mol. The van der Waals surface area contributed by atoms with E-state index in [2.05, 4.69) is 59.0 Å². The molecular weight excluding hydrogens is 476 g/mol. The molecule has 38 heavy (non-hydrogen) atoms. The normalized spacial score (nSPS) is 11.6. The van der Waals surface area contributed by atoms with Crippen LogP contribution in [0.15, 0.2) is 66.7 Å². The van der Waals surface area contributed by atoms with E-state index in [9.17, 15) is 9.59 Å². The summed E-state index contributed by atoms with van der Waals surface area (Å²) < 4.78 is 11.6. The number of hydrogen-bond acceptors (Lipinski definition) is 5. The van der Waals surface area contributed by atoms with E-state index in [1.165, 1.54) is 5.56 Å². The van der Waals surface area contributed by atoms with E-state index in [-0.39, 0.29) is 35.7 Å². The van der Waals surface area contributed by atoms with Crippen LogP contribution in [-0.2, 0) is 15.6 Å². The van der Waals surface area contributed by atoms with Crippen molar-refractivity contribution >= 4 is 23.1 Å². The maximum atomic E-state index is 12.8. The van der Waals surface area contributed by atoms with Gasteiger partial charge in [-0.2, -0.15) is 0 Å². The molecule has 0 saturated carbocycles. The first-order chi connectivity index (χ1) is 18.0. The van der Waals surface area contributed by atoms with Crippen molar-refractivity contribution in [3.63, 3.8) is 0 Å². The fraction of sp³-hybridized carbons (Fsp3) is 0.375. The molecule has 202 valence electrons. The summed E-state index contributed by atoms with van der Waals surface area (Å²) in [6.45, 7) is 12.9. The molecular formula is C32H40N2O4. The summed E-state index contributed by atoms with van der Waals surface area (Å²) in [6.07, 6.45) is 1.96. The molecule has 3 aromatic carbocycles. The average molecular weight is 517 g/mol. The van der Waals surface area contributed by atoms with Crippen LogP contribution in [0.5, 0.6) is 11.5 Å². The van der Waals surface area contributed by atoms with Crippen molar-refractivity contribution < 1.29 is 19.1 Å². The highest BCUT2D eigenvalue weighted by molar-refractivity contribution is 5.99. The van der Waals surface area contributed by atoms with Gasteiger partial charge in [0.25, 0.3) is 5.91 Å². The molecule has 0 bridgehead atoms. The average Bonchev–Trinajstić information content (AvgIpc) is 2.91. The Balaban J connectivity index is 1.66. The lowest BCUT2D eigenvalue weighted by atomic mass is 9.76. The standard InChI is InChI=1S/C32H40N2O4/c1-7-31(3,4)23-16-17-28(25(19-23)32(5,6)8-2)38-21-30(36)34-24-13-11-12-22(18-24)27(35)20-37-29-15-10-9-14-26(29)33/h9-19H,7-8,20-21,33H2,1-6H3,(H,34,36). The molecule has 1 amide bonds. The van der Waals surface area contributed by atoms with E-state index in [4.69, 9.17) is 15.2 Å². The minimum atomic E-state index is -0.305. The number of carbonyl (C=O) groups excluding carboxylic acids is 2. The van der Waals surface area contributed by atoms with Crippen LogP contribution in [0, 0.1) is 0 Å². The van der Waals surface area contributed by atoms with Crippen molar-refractivity contribution in [3.05, 3.63) is 83.4 Å². The van der Waals surface area contributed by atoms with Gasteiger partial charge in [-0.15, -0.1) is 0 Å². The van der Waals surface area contributed by atoms with Crippen molar-refractivity contribution in [1.82, 2.24) is 0 Å². The zero-order valence-electron chi connectivity index (χ0n) is 23.4. The molecule has 6 nitrogen and oxygen atoms in total. The molecule has 0 heterocycles. The zero-order valence-corrected chi connectivity index (χ0v) is 23.4. The number of carbonyl (C=O) groups is 2. The molecule has 0 aliphatic rings. The quantitative estimate of drug-likeness (QED) is 0.201. The molecule has 3 rings (SSSR count). The Kier molecular flexibility index (Phi) is 9.21. The molecule has 0 atom stereocenters. The van der Waals surface area contributed by atoms with Crippen molar-refractivity contribution in [2.24, 2.45) is 0 Å². The lowest BCUT2D eigenvalue weighted by molar-refractivity contribution is -0.118. The molecule has 0 aliphatic carbocycles. The summed E-state index contributed by atoms with van der Waals surface area (Å²) in [7, 11) is 0. The van der Waals surface area contributed by atoms with Gasteiger partial charge in [0.2, 0.25) is 0 Å². The Morgan fingerprint density at radius 3 is 2.16 bits per heavy atom. The van der Waals surface area contributed by atoms with Crippen molar-refractivity contribution in [2.45, 2.75) is 65.2 Å². The van der Waals surface area contributed by atoms with Gasteiger partial charge in [-0.05, 0) is 59.6 Å². The number of para-hydroxylation sites is 2. The second kappa shape index (κ2) is 12.2. The van der Waals surface area contributed by atoms with E-state index in [0.29, 0.717) is 28.4 Å². The number of rotatable bonds is 12. The van der Waals surface area contributed by atoms with Gasteiger partial charge in [0.1, 0.15) is 11.5 Å². The van der Waals surface area contributed by atoms with Gasteiger partial charge in [0.15, 0.2) is 19.0 Å². The zero-order chi connectivity index (χ0) is 27.9. The van der Waals surface area contributed by atoms with Crippen molar-refractivity contribution in [1.29, 1.82) is 0 Å². The third-order valence-electron chi connectivity index (χ3n) is 7.36. The summed E-state index contributed by atoms with van der Waals surface area (Å²) in [4.78, 5) is 25.4. The fourth-order valence-corrected chi connectivity index (χ4v) is 3.95. The number of ether oxygens (including phenoxy) is 2. The number of hydrogen-bond donors (Lipinski definition) is 2. The van der Waals surface area contributed by atoms with Crippen LogP contribution in [0.3, 0.4) is 0 Å². The van der Waals surface area contributed by atoms with Gasteiger partial charge in [0.05, 0.1) is 5.69 Å². The summed E-state index contributed by atoms with van der Waals surface area (Å²) in [5.74, 6) is 0.645. The summed E-state index contributed by atoms with van der Waals surface area (Å²) >= 11 is 0. The number of nitrogen functional groups attached to an aromatic ring is 1. The van der Waals surface area contributed by atoms with Gasteiger partial charge < -0.3 is 20.5 Å². The first kappa shape index (κ1) is 28.8. The topological polar surface area (TPSA) is 90.6 Å². The van der Waals surface area contributed by atoms with Crippen molar-refractivity contribution in [3.8, 4) is 11.5 Å². The van der Waals surface area contributed by atoms with Crippen LogP contribution in [0.4, 0.5) is 11.4 Å². The van der Waals surface area contributed by atoms with E-state index in [1.54, 1.807) is 48.5 Å². The Morgan fingerprint density at radius 1 is 0.789 bits per heavy atom. The first-order valence-electron chi connectivity index (χ1n) is 13.1. The van der Waals surface area contributed by atoms with Crippen LogP contribution < -0.4 is 20.5 Å². The molecule has 0 saturated heterocycles. The highest BCUT2D eigenvalue weighted by atomic mass is 16.5. The maximum Gasteiger partial charge on any atom is 0.262 e. The smallest absolute Gasteiger partial charge is 0.262 e. The van der Waals surface area contributed by atoms with Crippen molar-refractivity contribution in [2.75, 3.05) is 24.3 Å². The third-order valence-corrected chi connectivity index (χ3v) is 7.36. The maximum absolute atomic E-state index is 12.8. The first-order valence-corrected chi connectivity index (χ1v) is 13.1. The molecule has 0 spiro atoms. The second-order valence-electron chi connectivity index (χ2n) is 10.9. The summed E-state index contributed by atoms with van der Waals surface area (Å²) in [6, 6.07) is 20.1. The van der Waals surface area contributed by atoms with Crippen LogP contribution in [-0.4, -0.2) is 24.9 Å². The van der Waals surface area contributed by atoms with Crippen LogP contribution >= 0.6 is 0 Å². The monoisotopic (exact) mass is 516 g/mol. The molecule has 0 fully saturated rings. The number of amides is 1. The third kappa shape index (κ3) is 7.15. The van der Waals surface area contributed by atoms with Gasteiger partial charge in [-0.1, -0.05) is 77.9 Å². The largest absolute Gasteiger partial charge is 0.483 e. The Morgan fingerprint density at radius 2 is 1.47 bits per heavy atom. The Hall–Kier alpha value is -3.80. The fourth-order valence-electron chi connectivity index (χ4n) is 3.95. The van der Waals surface area contributed by atoms with Gasteiger partial charge in [0, 0.05) is 16.8 Å². The molecule has 3 aromatic rings. The molecule has 0 aromatic heterocycles. The molecule has 0 radical (unpaired) electrons. The molecule has 0 aliphatic heterocycles. The van der Waals surface area contributed by atoms with E-state index >= 15 is 0 Å². The van der Waals surface area contributed by atoms with Gasteiger partial charge >= 0.3 is 0 Å². The van der Waals surface area contributed by atoms with Gasteiger partial charge in [-0.3, -0.25) is 9.59 Å². The van der Waals surface area contributed by atoms with Crippen LogP contribution in [0.1, 0.15) is 75.9 Å². The van der Waals surface area contributed by atoms with Gasteiger partial charge in [-0.25, -0.2) is 0 Å². The highest BCUT2D eigenvalue weighted by Crippen LogP contribution is 2.38. The molecule has 3 N–H and O–H groups in total. The van der Waals surface area contributed by atoms with E-state index in [0.717, 1.165) is 18.4 Å². The lowest BCUT2D eigenvalue weighted by Crippen LogP contribution is -2.24. The molecule has 0 unspecified atom stereocenters. The molecule has 6 heteroatoms. The number of Topliss-reactive ketones (excluding diaryl/α,β-unsaturated/α-hetero) is 1. The number of nitrogens with two attached hydrogens (primary N) is 1.